The second kappa shape index (κ2) is 8.39. The van der Waals surface area contributed by atoms with E-state index in [1.165, 1.54) is 4.57 Å². The number of nitrogens with zero attached hydrogens (tertiary/aromatic N) is 5. The number of para-hydroxylation sites is 1. The standard InChI is InChI=1S/C22H27N5O3/c1-15-5-4-6-18-21(15)23-14-27(22(18)29)8-7-20(28)26-11-9-25(10-12-26)13-19-16(2)24-30-17(19)3/h4-6,14H,7-13H2,1-3H3. The summed E-state index contributed by atoms with van der Waals surface area (Å²) in [5, 5.41) is 4.60. The fourth-order valence-corrected chi connectivity index (χ4v) is 3.98. The number of amides is 1. The fraction of sp³-hybridized carbons (Fsp3) is 0.455. The van der Waals surface area contributed by atoms with Gasteiger partial charge in [0.05, 0.1) is 22.9 Å². The maximum atomic E-state index is 12.7. The molecule has 0 radical (unpaired) electrons. The highest BCUT2D eigenvalue weighted by atomic mass is 16.5. The molecule has 1 amide bonds. The van der Waals surface area contributed by atoms with E-state index in [0.717, 1.165) is 47.7 Å². The van der Waals surface area contributed by atoms with Gasteiger partial charge in [0.1, 0.15) is 5.76 Å². The first kappa shape index (κ1) is 20.3. The predicted octanol–water partition coefficient (Wildman–Crippen LogP) is 2.04. The zero-order valence-electron chi connectivity index (χ0n) is 17.7. The second-order valence-electron chi connectivity index (χ2n) is 7.92. The fourth-order valence-electron chi connectivity index (χ4n) is 3.98. The molecule has 0 aliphatic carbocycles. The van der Waals surface area contributed by atoms with Gasteiger partial charge in [-0.2, -0.15) is 0 Å². The van der Waals surface area contributed by atoms with Gasteiger partial charge in [-0.25, -0.2) is 4.98 Å². The van der Waals surface area contributed by atoms with Crippen molar-refractivity contribution in [2.75, 3.05) is 26.2 Å². The Morgan fingerprint density at radius 1 is 1.13 bits per heavy atom. The van der Waals surface area contributed by atoms with Crippen molar-refractivity contribution in [2.24, 2.45) is 0 Å². The molecule has 4 rings (SSSR count). The highest BCUT2D eigenvalue weighted by molar-refractivity contribution is 5.80. The van der Waals surface area contributed by atoms with Crippen LogP contribution in [0.1, 0.15) is 29.0 Å². The van der Waals surface area contributed by atoms with E-state index in [1.807, 2.05) is 37.8 Å². The molecule has 0 bridgehead atoms. The molecule has 30 heavy (non-hydrogen) atoms. The number of piperazine rings is 1. The maximum Gasteiger partial charge on any atom is 0.261 e. The third kappa shape index (κ3) is 4.00. The Morgan fingerprint density at radius 3 is 2.60 bits per heavy atom. The summed E-state index contributed by atoms with van der Waals surface area (Å²) < 4.78 is 6.77. The number of carbonyl (C=O) groups is 1. The van der Waals surface area contributed by atoms with Crippen LogP contribution in [0, 0.1) is 20.8 Å². The van der Waals surface area contributed by atoms with E-state index in [9.17, 15) is 9.59 Å². The number of carbonyl (C=O) groups excluding carboxylic acids is 1. The Labute approximate surface area is 175 Å². The molecule has 0 atom stereocenters. The van der Waals surface area contributed by atoms with E-state index in [1.54, 1.807) is 12.4 Å². The zero-order valence-corrected chi connectivity index (χ0v) is 17.7. The molecule has 1 aliphatic heterocycles. The van der Waals surface area contributed by atoms with Crippen LogP contribution in [-0.2, 0) is 17.9 Å². The summed E-state index contributed by atoms with van der Waals surface area (Å²) in [6, 6.07) is 5.58. The topological polar surface area (TPSA) is 84.5 Å². The van der Waals surface area contributed by atoms with Crippen LogP contribution in [0.5, 0.6) is 0 Å². The van der Waals surface area contributed by atoms with Crippen LogP contribution >= 0.6 is 0 Å². The number of benzene rings is 1. The lowest BCUT2D eigenvalue weighted by Gasteiger charge is -2.34. The van der Waals surface area contributed by atoms with Crippen molar-refractivity contribution in [3.8, 4) is 0 Å². The Hall–Kier alpha value is -3.00. The van der Waals surface area contributed by atoms with E-state index in [0.29, 0.717) is 31.4 Å². The van der Waals surface area contributed by atoms with Crippen molar-refractivity contribution in [3.63, 3.8) is 0 Å². The average Bonchev–Trinajstić information content (AvgIpc) is 3.06. The lowest BCUT2D eigenvalue weighted by molar-refractivity contribution is -0.133. The van der Waals surface area contributed by atoms with Crippen LogP contribution in [0.4, 0.5) is 0 Å². The second-order valence-corrected chi connectivity index (χ2v) is 7.92. The monoisotopic (exact) mass is 409 g/mol. The number of aryl methyl sites for hydroxylation is 4. The van der Waals surface area contributed by atoms with E-state index >= 15 is 0 Å². The summed E-state index contributed by atoms with van der Waals surface area (Å²) in [7, 11) is 0. The molecule has 0 spiro atoms. The van der Waals surface area contributed by atoms with E-state index in [4.69, 9.17) is 4.52 Å². The largest absolute Gasteiger partial charge is 0.361 e. The minimum absolute atomic E-state index is 0.0724. The molecule has 3 heterocycles. The van der Waals surface area contributed by atoms with Gasteiger partial charge in [0.2, 0.25) is 5.91 Å². The van der Waals surface area contributed by atoms with Gasteiger partial charge >= 0.3 is 0 Å². The number of hydrogen-bond acceptors (Lipinski definition) is 6. The van der Waals surface area contributed by atoms with Crippen LogP contribution in [0.2, 0.25) is 0 Å². The Morgan fingerprint density at radius 2 is 1.90 bits per heavy atom. The summed E-state index contributed by atoms with van der Waals surface area (Å²) in [5.74, 6) is 0.930. The summed E-state index contributed by atoms with van der Waals surface area (Å²) in [5.41, 5.74) is 3.66. The predicted molar refractivity (Wildman–Crippen MR) is 113 cm³/mol. The minimum Gasteiger partial charge on any atom is -0.361 e. The number of fused-ring (bicyclic) bond motifs is 1. The molecule has 8 nitrogen and oxygen atoms in total. The molecule has 1 saturated heterocycles. The van der Waals surface area contributed by atoms with Crippen LogP contribution < -0.4 is 5.56 Å². The van der Waals surface area contributed by atoms with Gasteiger partial charge < -0.3 is 9.42 Å². The van der Waals surface area contributed by atoms with Gasteiger partial charge in [0.15, 0.2) is 0 Å². The molecule has 3 aromatic rings. The molecule has 0 unspecified atom stereocenters. The summed E-state index contributed by atoms with van der Waals surface area (Å²) in [4.78, 5) is 34.0. The van der Waals surface area contributed by atoms with Gasteiger partial charge in [-0.15, -0.1) is 0 Å². The Balaban J connectivity index is 1.33. The van der Waals surface area contributed by atoms with Crippen molar-refractivity contribution in [1.82, 2.24) is 24.5 Å². The first-order valence-electron chi connectivity index (χ1n) is 10.3. The van der Waals surface area contributed by atoms with Crippen molar-refractivity contribution < 1.29 is 9.32 Å². The van der Waals surface area contributed by atoms with Crippen molar-refractivity contribution in [3.05, 3.63) is 57.5 Å². The van der Waals surface area contributed by atoms with Crippen molar-refractivity contribution in [1.29, 1.82) is 0 Å². The lowest BCUT2D eigenvalue weighted by atomic mass is 10.1. The molecular weight excluding hydrogens is 382 g/mol. The van der Waals surface area contributed by atoms with Crippen LogP contribution in [0.3, 0.4) is 0 Å². The number of aromatic nitrogens is 3. The van der Waals surface area contributed by atoms with Crippen molar-refractivity contribution in [2.45, 2.75) is 40.3 Å². The third-order valence-electron chi connectivity index (χ3n) is 5.91. The molecule has 1 aromatic carbocycles. The molecule has 1 aliphatic rings. The quantitative estimate of drug-likeness (QED) is 0.641. The highest BCUT2D eigenvalue weighted by Gasteiger charge is 2.23. The molecule has 158 valence electrons. The molecular formula is C22H27N5O3. The first-order valence-corrected chi connectivity index (χ1v) is 10.3. The number of hydrogen-bond donors (Lipinski definition) is 0. The van der Waals surface area contributed by atoms with E-state index < -0.39 is 0 Å². The highest BCUT2D eigenvalue weighted by Crippen LogP contribution is 2.16. The van der Waals surface area contributed by atoms with Crippen LogP contribution in [-0.4, -0.2) is 56.6 Å². The van der Waals surface area contributed by atoms with E-state index in [-0.39, 0.29) is 11.5 Å². The molecule has 2 aromatic heterocycles. The van der Waals surface area contributed by atoms with Gasteiger partial charge in [-0.1, -0.05) is 17.3 Å². The van der Waals surface area contributed by atoms with Crippen molar-refractivity contribution >= 4 is 16.8 Å². The van der Waals surface area contributed by atoms with Gasteiger partial charge in [-0.05, 0) is 32.4 Å². The lowest BCUT2D eigenvalue weighted by Crippen LogP contribution is -2.48. The summed E-state index contributed by atoms with van der Waals surface area (Å²) in [6.45, 7) is 9.96. The Bertz CT molecular complexity index is 1110. The molecule has 0 N–H and O–H groups in total. The van der Waals surface area contributed by atoms with Crippen LogP contribution in [0.25, 0.3) is 10.9 Å². The average molecular weight is 409 g/mol. The normalized spacial score (nSPS) is 15.1. The Kier molecular flexibility index (Phi) is 5.67. The summed E-state index contributed by atoms with van der Waals surface area (Å²) in [6.07, 6.45) is 1.84. The third-order valence-corrected chi connectivity index (χ3v) is 5.91. The minimum atomic E-state index is -0.0965. The molecule has 0 saturated carbocycles. The van der Waals surface area contributed by atoms with Gasteiger partial charge in [0, 0.05) is 51.3 Å². The van der Waals surface area contributed by atoms with Crippen LogP contribution in [0.15, 0.2) is 33.8 Å². The van der Waals surface area contributed by atoms with Gasteiger partial charge in [-0.3, -0.25) is 19.1 Å². The van der Waals surface area contributed by atoms with Gasteiger partial charge in [0.25, 0.3) is 5.56 Å². The maximum absolute atomic E-state index is 12.7. The number of rotatable bonds is 5. The first-order chi connectivity index (χ1) is 14.4. The summed E-state index contributed by atoms with van der Waals surface area (Å²) >= 11 is 0. The van der Waals surface area contributed by atoms with E-state index in [2.05, 4.69) is 15.0 Å². The SMILES string of the molecule is Cc1noc(C)c1CN1CCN(C(=O)CCn2cnc3c(C)cccc3c2=O)CC1. The smallest absolute Gasteiger partial charge is 0.261 e. The molecule has 8 heteroatoms. The molecule has 1 fully saturated rings. The zero-order chi connectivity index (χ0) is 21.3.